The highest BCUT2D eigenvalue weighted by molar-refractivity contribution is 5.78. The van der Waals surface area contributed by atoms with Crippen molar-refractivity contribution in [2.24, 2.45) is 0 Å². The molecule has 154 valence electrons. The van der Waals surface area contributed by atoms with E-state index in [1.165, 1.54) is 50.0 Å². The number of piperidine rings is 1. The van der Waals surface area contributed by atoms with Crippen LogP contribution in [0.3, 0.4) is 0 Å². The quantitative estimate of drug-likeness (QED) is 0.822. The zero-order chi connectivity index (χ0) is 19.8. The van der Waals surface area contributed by atoms with Gasteiger partial charge in [-0.05, 0) is 82.7 Å². The number of carbonyl (C=O) groups excluding carboxylic acids is 1. The first-order valence-corrected chi connectivity index (χ1v) is 11.3. The van der Waals surface area contributed by atoms with Gasteiger partial charge < -0.3 is 4.90 Å². The van der Waals surface area contributed by atoms with Gasteiger partial charge in [-0.3, -0.25) is 9.91 Å². The number of amides is 2. The van der Waals surface area contributed by atoms with Crippen molar-refractivity contribution in [2.75, 3.05) is 31.2 Å². The number of nitrogens with zero attached hydrogens (tertiary/aromatic N) is 3. The second-order valence-corrected chi connectivity index (χ2v) is 8.67. The summed E-state index contributed by atoms with van der Waals surface area (Å²) in [5.74, 6) is 1.15. The number of benzene rings is 1. The largest absolute Gasteiger partial charge is 0.336 e. The number of nitrogens with one attached hydrogen (secondary N) is 1. The molecule has 1 aromatic carbocycles. The Bertz CT molecular complexity index is 715. The monoisotopic (exact) mass is 384 g/mol. The van der Waals surface area contributed by atoms with Crippen LogP contribution >= 0.6 is 0 Å². The lowest BCUT2D eigenvalue weighted by Crippen LogP contribution is -2.52. The third kappa shape index (κ3) is 3.08. The number of hydrogen-bond donors (Lipinski definition) is 1. The molecule has 5 heteroatoms. The van der Waals surface area contributed by atoms with Crippen LogP contribution in [0.2, 0.25) is 0 Å². The summed E-state index contributed by atoms with van der Waals surface area (Å²) in [5.41, 5.74) is 7.51. The summed E-state index contributed by atoms with van der Waals surface area (Å²) >= 11 is 0. The lowest BCUT2D eigenvalue weighted by Gasteiger charge is -2.47. The molecule has 2 amide bonds. The predicted molar refractivity (Wildman–Crippen MR) is 115 cm³/mol. The van der Waals surface area contributed by atoms with Gasteiger partial charge in [0.05, 0.1) is 11.7 Å². The molecule has 3 aliphatic rings. The Kier molecular flexibility index (Phi) is 5.55. The molecule has 0 aromatic heterocycles. The number of anilines is 1. The minimum Gasteiger partial charge on any atom is -0.324 e. The molecular weight excluding hydrogens is 348 g/mol. The lowest BCUT2D eigenvalue weighted by molar-refractivity contribution is 0.103. The van der Waals surface area contributed by atoms with Gasteiger partial charge in [-0.2, -0.15) is 0 Å². The number of rotatable bonds is 5. The fourth-order valence-corrected chi connectivity index (χ4v) is 5.94. The van der Waals surface area contributed by atoms with E-state index in [1.54, 1.807) is 5.56 Å². The van der Waals surface area contributed by atoms with E-state index >= 15 is 0 Å². The van der Waals surface area contributed by atoms with Gasteiger partial charge in [0.25, 0.3) is 0 Å². The second kappa shape index (κ2) is 7.94. The van der Waals surface area contributed by atoms with E-state index in [-0.39, 0.29) is 6.03 Å². The SMILES string of the molecule is CCCN1CCC[C@@H]2c3cccc4c3C(C[C@H]21)C(C)N4NC(=O)N(CC)CC. The molecule has 28 heavy (non-hydrogen) atoms. The molecular formula is C23H36N4O. The van der Waals surface area contributed by atoms with Crippen molar-refractivity contribution >= 4 is 11.7 Å². The van der Waals surface area contributed by atoms with Crippen molar-refractivity contribution in [3.8, 4) is 0 Å². The summed E-state index contributed by atoms with van der Waals surface area (Å²) < 4.78 is 0. The minimum absolute atomic E-state index is 0.0122. The molecule has 1 N–H and O–H groups in total. The average Bonchev–Trinajstić information content (AvgIpc) is 2.97. The smallest absolute Gasteiger partial charge is 0.324 e. The van der Waals surface area contributed by atoms with Gasteiger partial charge in [0.2, 0.25) is 0 Å². The third-order valence-electron chi connectivity index (χ3n) is 7.30. The van der Waals surface area contributed by atoms with E-state index in [0.29, 0.717) is 23.9 Å². The molecule has 2 heterocycles. The number of fused-ring (bicyclic) bond motifs is 2. The van der Waals surface area contributed by atoms with Crippen LogP contribution in [0.4, 0.5) is 10.5 Å². The van der Waals surface area contributed by atoms with Crippen LogP contribution in [0.1, 0.15) is 76.3 Å². The Hall–Kier alpha value is -1.75. The highest BCUT2D eigenvalue weighted by Crippen LogP contribution is 2.53. The molecule has 1 aliphatic carbocycles. The fourth-order valence-electron chi connectivity index (χ4n) is 5.94. The molecule has 2 aliphatic heterocycles. The molecule has 0 spiro atoms. The Labute approximate surface area is 170 Å². The molecule has 4 atom stereocenters. The summed E-state index contributed by atoms with van der Waals surface area (Å²) in [6, 6.07) is 7.72. The molecule has 2 unspecified atom stereocenters. The fraction of sp³-hybridized carbons (Fsp3) is 0.696. The van der Waals surface area contributed by atoms with E-state index in [2.05, 4.69) is 47.4 Å². The van der Waals surface area contributed by atoms with Crippen molar-refractivity contribution in [3.63, 3.8) is 0 Å². The van der Waals surface area contributed by atoms with E-state index < -0.39 is 0 Å². The maximum atomic E-state index is 12.8. The van der Waals surface area contributed by atoms with Crippen LogP contribution in [0.25, 0.3) is 0 Å². The standard InChI is InChI=1S/C23H36N4O/c1-5-13-26-14-9-11-17-18-10-8-12-20-22(18)19(15-21(17)26)16(4)27(20)24-23(28)25(6-2)7-3/h8,10,12,16-17,19,21H,5-7,9,11,13-15H2,1-4H3,(H,24,28)/t16?,17-,19?,21-/m1/s1. The number of urea groups is 1. The lowest BCUT2D eigenvalue weighted by atomic mass is 9.69. The van der Waals surface area contributed by atoms with E-state index in [1.807, 2.05) is 18.7 Å². The van der Waals surface area contributed by atoms with Gasteiger partial charge in [0, 0.05) is 25.0 Å². The highest BCUT2D eigenvalue weighted by Gasteiger charge is 2.47. The van der Waals surface area contributed by atoms with Crippen LogP contribution in [0.15, 0.2) is 18.2 Å². The Balaban J connectivity index is 1.66. The van der Waals surface area contributed by atoms with E-state index in [4.69, 9.17) is 0 Å². The van der Waals surface area contributed by atoms with Gasteiger partial charge in [0.1, 0.15) is 0 Å². The van der Waals surface area contributed by atoms with Crippen LogP contribution in [0, 0.1) is 0 Å². The first kappa shape index (κ1) is 19.6. The predicted octanol–water partition coefficient (Wildman–Crippen LogP) is 4.31. The van der Waals surface area contributed by atoms with Gasteiger partial charge in [-0.1, -0.05) is 19.1 Å². The van der Waals surface area contributed by atoms with Gasteiger partial charge in [-0.25, -0.2) is 10.2 Å². The number of hydrogen-bond acceptors (Lipinski definition) is 3. The Morgan fingerprint density at radius 2 is 2.00 bits per heavy atom. The van der Waals surface area contributed by atoms with E-state index in [0.717, 1.165) is 13.1 Å². The molecule has 0 saturated carbocycles. The summed E-state index contributed by atoms with van der Waals surface area (Å²) in [5, 5.41) is 2.16. The molecule has 0 bridgehead atoms. The topological polar surface area (TPSA) is 38.8 Å². The van der Waals surface area contributed by atoms with E-state index in [9.17, 15) is 4.79 Å². The van der Waals surface area contributed by atoms with Crippen LogP contribution < -0.4 is 10.4 Å². The summed E-state index contributed by atoms with van der Waals surface area (Å²) in [6.45, 7) is 12.6. The van der Waals surface area contributed by atoms with Crippen molar-refractivity contribution in [2.45, 2.75) is 77.3 Å². The maximum Gasteiger partial charge on any atom is 0.336 e. The van der Waals surface area contributed by atoms with Crippen molar-refractivity contribution in [1.29, 1.82) is 0 Å². The average molecular weight is 385 g/mol. The summed E-state index contributed by atoms with van der Waals surface area (Å²) in [7, 11) is 0. The minimum atomic E-state index is 0.0122. The van der Waals surface area contributed by atoms with Crippen LogP contribution in [-0.2, 0) is 0 Å². The Morgan fingerprint density at radius 3 is 2.71 bits per heavy atom. The molecule has 1 aromatic rings. The van der Waals surface area contributed by atoms with Gasteiger partial charge in [0.15, 0.2) is 0 Å². The summed E-state index contributed by atoms with van der Waals surface area (Å²) in [6.07, 6.45) is 5.04. The molecule has 5 nitrogen and oxygen atoms in total. The number of carbonyl (C=O) groups is 1. The maximum absolute atomic E-state index is 12.8. The first-order chi connectivity index (χ1) is 13.6. The normalized spacial score (nSPS) is 28.6. The molecule has 1 saturated heterocycles. The van der Waals surface area contributed by atoms with Gasteiger partial charge in [-0.15, -0.1) is 0 Å². The second-order valence-electron chi connectivity index (χ2n) is 8.67. The number of likely N-dealkylation sites (tertiary alicyclic amines) is 1. The van der Waals surface area contributed by atoms with Crippen molar-refractivity contribution in [3.05, 3.63) is 29.3 Å². The van der Waals surface area contributed by atoms with Crippen molar-refractivity contribution < 1.29 is 4.79 Å². The Morgan fingerprint density at radius 1 is 1.21 bits per heavy atom. The van der Waals surface area contributed by atoms with Crippen LogP contribution in [0.5, 0.6) is 0 Å². The molecule has 4 rings (SSSR count). The first-order valence-electron chi connectivity index (χ1n) is 11.3. The van der Waals surface area contributed by atoms with Crippen LogP contribution in [-0.4, -0.2) is 54.1 Å². The number of hydrazine groups is 1. The molecule has 1 fully saturated rings. The zero-order valence-electron chi connectivity index (χ0n) is 17.9. The highest BCUT2D eigenvalue weighted by atomic mass is 16.2. The zero-order valence-corrected chi connectivity index (χ0v) is 17.9. The summed E-state index contributed by atoms with van der Waals surface area (Å²) in [4.78, 5) is 17.4. The van der Waals surface area contributed by atoms with Crippen molar-refractivity contribution in [1.82, 2.24) is 15.2 Å². The molecule has 0 radical (unpaired) electrons. The van der Waals surface area contributed by atoms with Gasteiger partial charge >= 0.3 is 6.03 Å². The third-order valence-corrected chi connectivity index (χ3v) is 7.30.